The minimum Gasteiger partial charge on any atom is -0.329 e. The van der Waals surface area contributed by atoms with E-state index in [-0.39, 0.29) is 29.3 Å². The summed E-state index contributed by atoms with van der Waals surface area (Å²) in [5.74, 6) is 0.262. The van der Waals surface area contributed by atoms with E-state index in [0.29, 0.717) is 24.2 Å². The Morgan fingerprint density at radius 3 is 2.68 bits per heavy atom. The fourth-order valence-electron chi connectivity index (χ4n) is 2.92. The number of nitrogens with zero attached hydrogens (tertiary/aromatic N) is 2. The number of aryl methyl sites for hydroxylation is 1. The summed E-state index contributed by atoms with van der Waals surface area (Å²) < 4.78 is 27.2. The van der Waals surface area contributed by atoms with Gasteiger partial charge in [-0.2, -0.15) is 9.57 Å². The largest absolute Gasteiger partial charge is 0.329 e. The van der Waals surface area contributed by atoms with Gasteiger partial charge in [-0.25, -0.2) is 8.42 Å². The fourth-order valence-corrected chi connectivity index (χ4v) is 4.77. The van der Waals surface area contributed by atoms with Gasteiger partial charge in [0, 0.05) is 19.1 Å². The van der Waals surface area contributed by atoms with Crippen LogP contribution in [0.25, 0.3) is 0 Å². The van der Waals surface area contributed by atoms with E-state index in [1.54, 1.807) is 19.1 Å². The van der Waals surface area contributed by atoms with Crippen molar-refractivity contribution in [3.8, 4) is 6.07 Å². The SMILES string of the molecule is Cc1cc(S(=O)(=O)N2CCCC(C)C2CN)ccc1C#N.Cl. The Kier molecular flexibility index (Phi) is 6.38. The number of benzene rings is 1. The lowest BCUT2D eigenvalue weighted by Gasteiger charge is -2.38. The highest BCUT2D eigenvalue weighted by Gasteiger charge is 2.36. The van der Waals surface area contributed by atoms with Crippen LogP contribution in [0.5, 0.6) is 0 Å². The molecule has 1 heterocycles. The zero-order valence-corrected chi connectivity index (χ0v) is 14.5. The third kappa shape index (κ3) is 3.44. The van der Waals surface area contributed by atoms with Gasteiger partial charge in [0.1, 0.15) is 0 Å². The van der Waals surface area contributed by atoms with Gasteiger partial charge in [0.2, 0.25) is 10.0 Å². The van der Waals surface area contributed by atoms with Crippen molar-refractivity contribution in [3.63, 3.8) is 0 Å². The van der Waals surface area contributed by atoms with Gasteiger partial charge in [0.15, 0.2) is 0 Å². The minimum atomic E-state index is -3.56. The molecule has 0 radical (unpaired) electrons. The number of hydrogen-bond acceptors (Lipinski definition) is 4. The van der Waals surface area contributed by atoms with Crippen LogP contribution >= 0.6 is 12.4 Å². The van der Waals surface area contributed by atoms with Gasteiger partial charge in [-0.3, -0.25) is 0 Å². The van der Waals surface area contributed by atoms with Gasteiger partial charge in [0.05, 0.1) is 16.5 Å². The molecule has 22 heavy (non-hydrogen) atoms. The molecule has 0 saturated carbocycles. The fraction of sp³-hybridized carbons (Fsp3) is 0.533. The number of sulfonamides is 1. The van der Waals surface area contributed by atoms with Crippen LogP contribution in [0.4, 0.5) is 0 Å². The zero-order chi connectivity index (χ0) is 15.6. The summed E-state index contributed by atoms with van der Waals surface area (Å²) in [5, 5.41) is 8.95. The molecular formula is C15H22ClN3O2S. The second kappa shape index (κ2) is 7.42. The maximum Gasteiger partial charge on any atom is 0.243 e. The van der Waals surface area contributed by atoms with Crippen molar-refractivity contribution >= 4 is 22.4 Å². The molecule has 7 heteroatoms. The number of rotatable bonds is 3. The maximum atomic E-state index is 12.8. The number of nitrogens with two attached hydrogens (primary N) is 1. The van der Waals surface area contributed by atoms with E-state index in [1.165, 1.54) is 10.4 Å². The van der Waals surface area contributed by atoms with Gasteiger partial charge in [-0.1, -0.05) is 6.92 Å². The van der Waals surface area contributed by atoms with Gasteiger partial charge >= 0.3 is 0 Å². The molecule has 0 amide bonds. The molecule has 2 N–H and O–H groups in total. The highest BCUT2D eigenvalue weighted by atomic mass is 35.5. The minimum absolute atomic E-state index is 0. The molecule has 0 aliphatic carbocycles. The third-order valence-corrected chi connectivity index (χ3v) is 6.15. The summed E-state index contributed by atoms with van der Waals surface area (Å²) in [4.78, 5) is 0.242. The van der Waals surface area contributed by atoms with Gasteiger partial charge in [-0.15, -0.1) is 12.4 Å². The van der Waals surface area contributed by atoms with Crippen LogP contribution in [0, 0.1) is 24.2 Å². The standard InChI is InChI=1S/C15H21N3O2S.ClH/c1-11-4-3-7-18(15(11)10-17)21(19,20)14-6-5-13(9-16)12(2)8-14;/h5-6,8,11,15H,3-4,7,10,17H2,1-2H3;1H. The molecule has 1 fully saturated rings. The highest BCUT2D eigenvalue weighted by molar-refractivity contribution is 7.89. The first-order valence-electron chi connectivity index (χ1n) is 7.14. The Labute approximate surface area is 138 Å². The summed E-state index contributed by atoms with van der Waals surface area (Å²) in [6, 6.07) is 6.54. The van der Waals surface area contributed by atoms with E-state index in [9.17, 15) is 8.42 Å². The molecular weight excluding hydrogens is 322 g/mol. The van der Waals surface area contributed by atoms with Crippen LogP contribution in [0.2, 0.25) is 0 Å². The second-order valence-corrected chi connectivity index (χ2v) is 7.52. The van der Waals surface area contributed by atoms with Crippen molar-refractivity contribution in [1.82, 2.24) is 4.31 Å². The first-order valence-corrected chi connectivity index (χ1v) is 8.58. The smallest absolute Gasteiger partial charge is 0.243 e. The Morgan fingerprint density at radius 2 is 2.14 bits per heavy atom. The number of hydrogen-bond donors (Lipinski definition) is 1. The lowest BCUT2D eigenvalue weighted by atomic mass is 9.93. The molecule has 1 aromatic carbocycles. The van der Waals surface area contributed by atoms with Crippen LogP contribution in [0.1, 0.15) is 30.9 Å². The lowest BCUT2D eigenvalue weighted by Crippen LogP contribution is -2.51. The Bertz CT molecular complexity index is 670. The Hall–Kier alpha value is -1.13. The van der Waals surface area contributed by atoms with Crippen molar-refractivity contribution < 1.29 is 8.42 Å². The quantitative estimate of drug-likeness (QED) is 0.909. The second-order valence-electron chi connectivity index (χ2n) is 5.63. The van der Waals surface area contributed by atoms with Crippen LogP contribution < -0.4 is 5.73 Å². The molecule has 122 valence electrons. The highest BCUT2D eigenvalue weighted by Crippen LogP contribution is 2.29. The maximum absolute atomic E-state index is 12.8. The van der Waals surface area contributed by atoms with Crippen LogP contribution in [0.3, 0.4) is 0 Å². The summed E-state index contributed by atoms with van der Waals surface area (Å²) in [7, 11) is -3.56. The summed E-state index contributed by atoms with van der Waals surface area (Å²) in [6.45, 7) is 4.63. The molecule has 0 spiro atoms. The average molecular weight is 344 g/mol. The lowest BCUT2D eigenvalue weighted by molar-refractivity contribution is 0.192. The third-order valence-electron chi connectivity index (χ3n) is 4.23. The average Bonchev–Trinajstić information content (AvgIpc) is 2.46. The Morgan fingerprint density at radius 1 is 1.45 bits per heavy atom. The van der Waals surface area contributed by atoms with E-state index < -0.39 is 10.0 Å². The first kappa shape index (κ1) is 18.9. The summed E-state index contributed by atoms with van der Waals surface area (Å²) in [5.41, 5.74) is 6.96. The monoisotopic (exact) mass is 343 g/mol. The topological polar surface area (TPSA) is 87.2 Å². The Balaban J connectivity index is 0.00000242. The number of piperidine rings is 1. The van der Waals surface area contributed by atoms with E-state index in [0.717, 1.165) is 12.8 Å². The number of nitriles is 1. The molecule has 1 saturated heterocycles. The van der Waals surface area contributed by atoms with Gasteiger partial charge in [-0.05, 0) is 49.4 Å². The van der Waals surface area contributed by atoms with E-state index in [1.807, 2.05) is 6.92 Å². The molecule has 0 aromatic heterocycles. The molecule has 2 unspecified atom stereocenters. The van der Waals surface area contributed by atoms with E-state index in [4.69, 9.17) is 11.0 Å². The number of halogens is 1. The van der Waals surface area contributed by atoms with Crippen molar-refractivity contribution in [2.75, 3.05) is 13.1 Å². The predicted octanol–water partition coefficient (Wildman–Crippen LogP) is 2.04. The van der Waals surface area contributed by atoms with Crippen molar-refractivity contribution in [2.45, 2.75) is 37.6 Å². The first-order chi connectivity index (χ1) is 9.91. The van der Waals surface area contributed by atoms with Crippen molar-refractivity contribution in [1.29, 1.82) is 5.26 Å². The molecule has 0 bridgehead atoms. The van der Waals surface area contributed by atoms with E-state index >= 15 is 0 Å². The molecule has 2 rings (SSSR count). The summed E-state index contributed by atoms with van der Waals surface area (Å²) >= 11 is 0. The van der Waals surface area contributed by atoms with Gasteiger partial charge in [0.25, 0.3) is 0 Å². The van der Waals surface area contributed by atoms with Crippen molar-refractivity contribution in [3.05, 3.63) is 29.3 Å². The summed E-state index contributed by atoms with van der Waals surface area (Å²) in [6.07, 6.45) is 1.85. The van der Waals surface area contributed by atoms with Crippen LogP contribution in [0.15, 0.2) is 23.1 Å². The van der Waals surface area contributed by atoms with Crippen LogP contribution in [-0.4, -0.2) is 31.9 Å². The molecule has 2 atom stereocenters. The molecule has 1 aliphatic heterocycles. The molecule has 1 aliphatic rings. The van der Waals surface area contributed by atoms with E-state index in [2.05, 4.69) is 6.07 Å². The predicted molar refractivity (Wildman–Crippen MR) is 88.3 cm³/mol. The van der Waals surface area contributed by atoms with Crippen LogP contribution in [-0.2, 0) is 10.0 Å². The van der Waals surface area contributed by atoms with Crippen molar-refractivity contribution in [2.24, 2.45) is 11.7 Å². The normalized spacial score (nSPS) is 22.6. The zero-order valence-electron chi connectivity index (χ0n) is 12.8. The molecule has 1 aromatic rings. The molecule has 5 nitrogen and oxygen atoms in total. The van der Waals surface area contributed by atoms with Gasteiger partial charge < -0.3 is 5.73 Å².